The lowest BCUT2D eigenvalue weighted by Gasteiger charge is -2.39. The summed E-state index contributed by atoms with van der Waals surface area (Å²) in [7, 11) is 0. The molecule has 0 amide bonds. The molecule has 2 aromatic rings. The van der Waals surface area contributed by atoms with E-state index in [0.29, 0.717) is 16.9 Å². The highest BCUT2D eigenvalue weighted by molar-refractivity contribution is 6.08. The number of rotatable bonds is 8. The second-order valence-corrected chi connectivity index (χ2v) is 6.64. The first-order valence-electron chi connectivity index (χ1n) is 9.26. The van der Waals surface area contributed by atoms with E-state index >= 15 is 0 Å². The summed E-state index contributed by atoms with van der Waals surface area (Å²) in [6.45, 7) is -0.357. The molecule has 8 heteroatoms. The van der Waals surface area contributed by atoms with Gasteiger partial charge in [0, 0.05) is 11.1 Å². The van der Waals surface area contributed by atoms with E-state index in [0.717, 1.165) is 0 Å². The highest BCUT2D eigenvalue weighted by atomic mass is 16.7. The zero-order chi connectivity index (χ0) is 20.8. The van der Waals surface area contributed by atoms with Gasteiger partial charge in [-0.2, -0.15) is 0 Å². The third kappa shape index (κ3) is 5.18. The fourth-order valence-corrected chi connectivity index (χ4v) is 2.99. The van der Waals surface area contributed by atoms with Crippen molar-refractivity contribution >= 4 is 5.78 Å². The Bertz CT molecular complexity index is 777. The molecule has 0 aromatic heterocycles. The smallest absolute Gasteiger partial charge is 0.193 e. The first-order valence-corrected chi connectivity index (χ1v) is 9.26. The van der Waals surface area contributed by atoms with E-state index < -0.39 is 37.3 Å². The number of aliphatic hydroxyl groups is 4. The summed E-state index contributed by atoms with van der Waals surface area (Å²) < 4.78 is 16.1. The zero-order valence-corrected chi connectivity index (χ0v) is 15.6. The number of ketones is 1. The van der Waals surface area contributed by atoms with Crippen LogP contribution in [0, 0.1) is 0 Å². The van der Waals surface area contributed by atoms with Crippen LogP contribution in [-0.2, 0) is 9.47 Å². The second kappa shape index (κ2) is 9.93. The predicted octanol–water partition coefficient (Wildman–Crippen LogP) is 0.113. The molecule has 1 heterocycles. The number of hydrogen-bond donors (Lipinski definition) is 4. The number of ether oxygens (including phenoxy) is 3. The maximum absolute atomic E-state index is 12.4. The van der Waals surface area contributed by atoms with Gasteiger partial charge >= 0.3 is 0 Å². The van der Waals surface area contributed by atoms with Crippen molar-refractivity contribution < 1.29 is 39.4 Å². The fraction of sp³-hybridized carbons (Fsp3) is 0.381. The van der Waals surface area contributed by atoms with E-state index in [2.05, 4.69) is 0 Å². The Morgan fingerprint density at radius 1 is 0.862 bits per heavy atom. The van der Waals surface area contributed by atoms with E-state index in [1.807, 2.05) is 6.07 Å². The normalized spacial score (nSPS) is 26.8. The van der Waals surface area contributed by atoms with Crippen molar-refractivity contribution in [2.24, 2.45) is 0 Å². The Labute approximate surface area is 167 Å². The average molecular weight is 404 g/mol. The van der Waals surface area contributed by atoms with E-state index in [4.69, 9.17) is 19.3 Å². The second-order valence-electron chi connectivity index (χ2n) is 6.64. The Hall–Kier alpha value is -2.33. The van der Waals surface area contributed by atoms with Crippen molar-refractivity contribution in [3.63, 3.8) is 0 Å². The number of benzene rings is 2. The monoisotopic (exact) mass is 404 g/mol. The van der Waals surface area contributed by atoms with Gasteiger partial charge in [-0.25, -0.2) is 0 Å². The lowest BCUT2D eigenvalue weighted by molar-refractivity contribution is -0.301. The summed E-state index contributed by atoms with van der Waals surface area (Å²) in [5.74, 6) is 0.454. The van der Waals surface area contributed by atoms with Gasteiger partial charge in [0.2, 0.25) is 0 Å². The molecule has 2 aromatic carbocycles. The van der Waals surface area contributed by atoms with Gasteiger partial charge in [0.1, 0.15) is 36.8 Å². The molecule has 1 aliphatic heterocycles. The number of carbonyl (C=O) groups excluding carboxylic acids is 1. The number of carbonyl (C=O) groups is 1. The molecule has 0 saturated carbocycles. The minimum absolute atomic E-state index is 0.0351. The molecular formula is C21H24O8. The molecule has 0 aliphatic carbocycles. The SMILES string of the molecule is O=C(c1ccccc1)c1ccc(OCCOC2O[C@H](CO)[C@@H](O)[C@H](O)[C@H]2O)cc1. The van der Waals surface area contributed by atoms with Gasteiger partial charge < -0.3 is 34.6 Å². The predicted molar refractivity (Wildman–Crippen MR) is 102 cm³/mol. The molecule has 8 nitrogen and oxygen atoms in total. The Morgan fingerprint density at radius 2 is 1.52 bits per heavy atom. The first kappa shape index (κ1) is 21.4. The molecule has 3 rings (SSSR count). The van der Waals surface area contributed by atoms with Gasteiger partial charge in [-0.1, -0.05) is 30.3 Å². The van der Waals surface area contributed by atoms with E-state index in [1.54, 1.807) is 48.5 Å². The van der Waals surface area contributed by atoms with Gasteiger partial charge in [0.25, 0.3) is 0 Å². The van der Waals surface area contributed by atoms with Crippen molar-refractivity contribution in [3.8, 4) is 5.75 Å². The van der Waals surface area contributed by atoms with Crippen LogP contribution in [0.5, 0.6) is 5.75 Å². The van der Waals surface area contributed by atoms with Crippen LogP contribution >= 0.6 is 0 Å². The Balaban J connectivity index is 1.47. The molecule has 156 valence electrons. The average Bonchev–Trinajstić information content (AvgIpc) is 2.77. The summed E-state index contributed by atoms with van der Waals surface area (Å²) in [6, 6.07) is 15.6. The molecular weight excluding hydrogens is 380 g/mol. The quantitative estimate of drug-likeness (QED) is 0.361. The summed E-state index contributed by atoms with van der Waals surface area (Å²) in [5.41, 5.74) is 1.15. The van der Waals surface area contributed by atoms with Crippen LogP contribution in [0.2, 0.25) is 0 Å². The van der Waals surface area contributed by atoms with Gasteiger partial charge in [-0.15, -0.1) is 0 Å². The Morgan fingerprint density at radius 3 is 2.17 bits per heavy atom. The lowest BCUT2D eigenvalue weighted by atomic mass is 9.99. The molecule has 1 fully saturated rings. The van der Waals surface area contributed by atoms with E-state index in [9.17, 15) is 20.1 Å². The zero-order valence-electron chi connectivity index (χ0n) is 15.6. The van der Waals surface area contributed by atoms with Crippen LogP contribution < -0.4 is 4.74 Å². The van der Waals surface area contributed by atoms with Crippen LogP contribution in [0.3, 0.4) is 0 Å². The minimum atomic E-state index is -1.48. The van der Waals surface area contributed by atoms with Crippen molar-refractivity contribution in [1.29, 1.82) is 0 Å². The molecule has 1 aliphatic rings. The molecule has 1 saturated heterocycles. The van der Waals surface area contributed by atoms with Crippen LogP contribution in [-0.4, -0.2) is 76.7 Å². The van der Waals surface area contributed by atoms with Gasteiger partial charge in [-0.05, 0) is 24.3 Å². The van der Waals surface area contributed by atoms with Crippen molar-refractivity contribution in [2.75, 3.05) is 19.8 Å². The third-order valence-corrected chi connectivity index (χ3v) is 4.64. The van der Waals surface area contributed by atoms with Crippen LogP contribution in [0.4, 0.5) is 0 Å². The number of hydrogen-bond acceptors (Lipinski definition) is 8. The van der Waals surface area contributed by atoms with Crippen molar-refractivity contribution in [2.45, 2.75) is 30.7 Å². The van der Waals surface area contributed by atoms with Gasteiger partial charge in [-0.3, -0.25) is 4.79 Å². The third-order valence-electron chi connectivity index (χ3n) is 4.64. The fourth-order valence-electron chi connectivity index (χ4n) is 2.99. The minimum Gasteiger partial charge on any atom is -0.491 e. The van der Waals surface area contributed by atoms with Crippen LogP contribution in [0.25, 0.3) is 0 Å². The molecule has 1 unspecified atom stereocenters. The highest BCUT2D eigenvalue weighted by Gasteiger charge is 2.43. The summed E-state index contributed by atoms with van der Waals surface area (Å²) in [4.78, 5) is 12.4. The van der Waals surface area contributed by atoms with E-state index in [1.165, 1.54) is 0 Å². The standard InChI is InChI=1S/C21H24O8/c22-12-16-18(24)19(25)20(26)21(29-16)28-11-10-27-15-8-6-14(7-9-15)17(23)13-4-2-1-3-5-13/h1-9,16,18-22,24-26H,10-12H2/t16-,18-,19+,20-,21?/m1/s1. The molecule has 5 atom stereocenters. The maximum Gasteiger partial charge on any atom is 0.193 e. The van der Waals surface area contributed by atoms with E-state index in [-0.39, 0.29) is 19.0 Å². The number of aliphatic hydroxyl groups excluding tert-OH is 4. The molecule has 0 bridgehead atoms. The lowest BCUT2D eigenvalue weighted by Crippen LogP contribution is -2.59. The van der Waals surface area contributed by atoms with Crippen LogP contribution in [0.15, 0.2) is 54.6 Å². The maximum atomic E-state index is 12.4. The Kier molecular flexibility index (Phi) is 7.32. The highest BCUT2D eigenvalue weighted by Crippen LogP contribution is 2.22. The molecule has 0 radical (unpaired) electrons. The van der Waals surface area contributed by atoms with Gasteiger partial charge in [0.05, 0.1) is 13.2 Å². The van der Waals surface area contributed by atoms with Crippen molar-refractivity contribution in [1.82, 2.24) is 0 Å². The summed E-state index contributed by atoms with van der Waals surface area (Å²) >= 11 is 0. The molecule has 29 heavy (non-hydrogen) atoms. The topological polar surface area (TPSA) is 126 Å². The summed E-state index contributed by atoms with van der Waals surface area (Å²) in [5, 5.41) is 38.5. The van der Waals surface area contributed by atoms with Gasteiger partial charge in [0.15, 0.2) is 12.1 Å². The first-order chi connectivity index (χ1) is 14.0. The van der Waals surface area contributed by atoms with Crippen molar-refractivity contribution in [3.05, 3.63) is 65.7 Å². The summed E-state index contributed by atoms with van der Waals surface area (Å²) in [6.07, 6.45) is -6.57. The molecule has 4 N–H and O–H groups in total. The molecule has 0 spiro atoms. The largest absolute Gasteiger partial charge is 0.491 e. The van der Waals surface area contributed by atoms with Crippen LogP contribution in [0.1, 0.15) is 15.9 Å².